The van der Waals surface area contributed by atoms with Crippen LogP contribution in [0, 0.1) is 6.92 Å². The summed E-state index contributed by atoms with van der Waals surface area (Å²) in [6.45, 7) is 4.95. The maximum Gasteiger partial charge on any atom is 0.105 e. The Kier molecular flexibility index (Phi) is 3.29. The summed E-state index contributed by atoms with van der Waals surface area (Å²) in [7, 11) is 0. The summed E-state index contributed by atoms with van der Waals surface area (Å²) in [4.78, 5) is 4.19. The molecule has 12 heavy (non-hydrogen) atoms. The van der Waals surface area contributed by atoms with Crippen LogP contribution in [0.15, 0.2) is 12.4 Å². The van der Waals surface area contributed by atoms with Gasteiger partial charge in [-0.3, -0.25) is 0 Å². The van der Waals surface area contributed by atoms with E-state index in [0.29, 0.717) is 6.04 Å². The lowest BCUT2D eigenvalue weighted by Gasteiger charge is -2.16. The van der Waals surface area contributed by atoms with E-state index < -0.39 is 0 Å². The minimum Gasteiger partial charge on any atom is -0.332 e. The maximum atomic E-state index is 5.53. The number of aryl methyl sites for hydroxylation is 1. The molecule has 0 saturated heterocycles. The van der Waals surface area contributed by atoms with Gasteiger partial charge in [0, 0.05) is 18.4 Å². The summed E-state index contributed by atoms with van der Waals surface area (Å²) >= 11 is 0. The van der Waals surface area contributed by atoms with E-state index >= 15 is 0 Å². The van der Waals surface area contributed by atoms with Crippen LogP contribution >= 0.6 is 0 Å². The first-order valence-corrected chi connectivity index (χ1v) is 4.49. The molecule has 1 aromatic heterocycles. The lowest BCUT2D eigenvalue weighted by atomic mass is 10.1. The Bertz CT molecular complexity index is 229. The average molecular weight is 167 g/mol. The van der Waals surface area contributed by atoms with Crippen LogP contribution in [-0.4, -0.2) is 16.1 Å². The summed E-state index contributed by atoms with van der Waals surface area (Å²) in [5.41, 5.74) is 5.53. The van der Waals surface area contributed by atoms with E-state index in [9.17, 15) is 0 Å². The monoisotopic (exact) mass is 167 g/mol. The van der Waals surface area contributed by atoms with Crippen molar-refractivity contribution in [2.75, 3.05) is 6.54 Å². The van der Waals surface area contributed by atoms with E-state index in [0.717, 1.165) is 25.2 Å². The largest absolute Gasteiger partial charge is 0.332 e. The molecule has 0 aliphatic carbocycles. The SMILES string of the molecule is CCC(CCN)n1ccnc1C. The third-order valence-electron chi connectivity index (χ3n) is 2.23. The Morgan fingerprint density at radius 2 is 2.42 bits per heavy atom. The number of hydrogen-bond donors (Lipinski definition) is 1. The van der Waals surface area contributed by atoms with Crippen LogP contribution in [0.4, 0.5) is 0 Å². The molecule has 0 spiro atoms. The molecule has 0 aliphatic heterocycles. The predicted octanol–water partition coefficient (Wildman–Crippen LogP) is 1.49. The fourth-order valence-electron chi connectivity index (χ4n) is 1.51. The summed E-state index contributed by atoms with van der Waals surface area (Å²) in [6.07, 6.45) is 6.02. The minimum atomic E-state index is 0.525. The number of hydrogen-bond acceptors (Lipinski definition) is 2. The molecule has 2 N–H and O–H groups in total. The third kappa shape index (κ3) is 1.85. The number of imidazole rings is 1. The van der Waals surface area contributed by atoms with E-state index in [1.807, 2.05) is 19.3 Å². The molecule has 0 aromatic carbocycles. The highest BCUT2D eigenvalue weighted by atomic mass is 15.1. The van der Waals surface area contributed by atoms with Gasteiger partial charge in [0.2, 0.25) is 0 Å². The molecule has 0 bridgehead atoms. The second kappa shape index (κ2) is 4.26. The highest BCUT2D eigenvalue weighted by molar-refractivity contribution is 4.91. The topological polar surface area (TPSA) is 43.8 Å². The van der Waals surface area contributed by atoms with Crippen LogP contribution in [0.1, 0.15) is 31.6 Å². The van der Waals surface area contributed by atoms with E-state index in [-0.39, 0.29) is 0 Å². The van der Waals surface area contributed by atoms with Gasteiger partial charge in [-0.2, -0.15) is 0 Å². The van der Waals surface area contributed by atoms with Crippen molar-refractivity contribution in [3.63, 3.8) is 0 Å². The van der Waals surface area contributed by atoms with Crippen LogP contribution < -0.4 is 5.73 Å². The van der Waals surface area contributed by atoms with Gasteiger partial charge in [-0.1, -0.05) is 6.92 Å². The lowest BCUT2D eigenvalue weighted by molar-refractivity contribution is 0.449. The summed E-state index contributed by atoms with van der Waals surface area (Å²) in [5, 5.41) is 0. The number of nitrogens with zero attached hydrogens (tertiary/aromatic N) is 2. The quantitative estimate of drug-likeness (QED) is 0.738. The Morgan fingerprint density at radius 3 is 2.83 bits per heavy atom. The van der Waals surface area contributed by atoms with Gasteiger partial charge >= 0.3 is 0 Å². The first kappa shape index (κ1) is 9.26. The number of nitrogens with two attached hydrogens (primary N) is 1. The average Bonchev–Trinajstić information content (AvgIpc) is 2.47. The van der Waals surface area contributed by atoms with Crippen LogP contribution in [0.3, 0.4) is 0 Å². The van der Waals surface area contributed by atoms with E-state index in [4.69, 9.17) is 5.73 Å². The molecule has 0 aliphatic rings. The highest BCUT2D eigenvalue weighted by Gasteiger charge is 2.08. The Morgan fingerprint density at radius 1 is 1.67 bits per heavy atom. The molecular weight excluding hydrogens is 150 g/mol. The molecule has 1 rings (SSSR count). The summed E-state index contributed by atoms with van der Waals surface area (Å²) in [6, 6.07) is 0.525. The smallest absolute Gasteiger partial charge is 0.105 e. The Balaban J connectivity index is 2.72. The van der Waals surface area contributed by atoms with Gasteiger partial charge in [-0.25, -0.2) is 4.98 Å². The summed E-state index contributed by atoms with van der Waals surface area (Å²) in [5.74, 6) is 1.08. The zero-order valence-corrected chi connectivity index (χ0v) is 7.83. The molecule has 0 fully saturated rings. The fourth-order valence-corrected chi connectivity index (χ4v) is 1.51. The van der Waals surface area contributed by atoms with Gasteiger partial charge in [0.1, 0.15) is 5.82 Å². The molecule has 1 unspecified atom stereocenters. The standard InChI is InChI=1S/C9H17N3/c1-3-9(4-5-10)12-7-6-11-8(12)2/h6-7,9H,3-5,10H2,1-2H3. The van der Waals surface area contributed by atoms with E-state index in [1.165, 1.54) is 0 Å². The van der Waals surface area contributed by atoms with E-state index in [1.54, 1.807) is 0 Å². The fraction of sp³-hybridized carbons (Fsp3) is 0.667. The molecule has 1 aromatic rings. The van der Waals surface area contributed by atoms with Crippen molar-refractivity contribution < 1.29 is 0 Å². The van der Waals surface area contributed by atoms with Gasteiger partial charge in [-0.05, 0) is 26.3 Å². The second-order valence-corrected chi connectivity index (χ2v) is 3.02. The number of aromatic nitrogens is 2. The highest BCUT2D eigenvalue weighted by Crippen LogP contribution is 2.16. The van der Waals surface area contributed by atoms with Crippen molar-refractivity contribution >= 4 is 0 Å². The molecular formula is C9H17N3. The zero-order chi connectivity index (χ0) is 8.97. The van der Waals surface area contributed by atoms with Gasteiger partial charge < -0.3 is 10.3 Å². The third-order valence-corrected chi connectivity index (χ3v) is 2.23. The van der Waals surface area contributed by atoms with Crippen molar-refractivity contribution in [2.45, 2.75) is 32.7 Å². The van der Waals surface area contributed by atoms with Gasteiger partial charge in [0.05, 0.1) is 0 Å². The molecule has 0 radical (unpaired) electrons. The Hall–Kier alpha value is -0.830. The van der Waals surface area contributed by atoms with Crippen molar-refractivity contribution in [3.8, 4) is 0 Å². The van der Waals surface area contributed by atoms with Crippen LogP contribution in [0.2, 0.25) is 0 Å². The molecule has 1 atom stereocenters. The molecule has 68 valence electrons. The Labute approximate surface area is 73.6 Å². The van der Waals surface area contributed by atoms with Crippen LogP contribution in [-0.2, 0) is 0 Å². The minimum absolute atomic E-state index is 0.525. The molecule has 0 amide bonds. The van der Waals surface area contributed by atoms with Gasteiger partial charge in [-0.15, -0.1) is 0 Å². The van der Waals surface area contributed by atoms with Gasteiger partial charge in [0.15, 0.2) is 0 Å². The van der Waals surface area contributed by atoms with Crippen molar-refractivity contribution in [1.29, 1.82) is 0 Å². The second-order valence-electron chi connectivity index (χ2n) is 3.02. The molecule has 0 saturated carbocycles. The predicted molar refractivity (Wildman–Crippen MR) is 50.0 cm³/mol. The zero-order valence-electron chi connectivity index (χ0n) is 7.83. The molecule has 3 heteroatoms. The van der Waals surface area contributed by atoms with E-state index in [2.05, 4.69) is 16.5 Å². The lowest BCUT2D eigenvalue weighted by Crippen LogP contribution is -2.13. The van der Waals surface area contributed by atoms with Crippen molar-refractivity contribution in [1.82, 2.24) is 9.55 Å². The molecule has 3 nitrogen and oxygen atoms in total. The van der Waals surface area contributed by atoms with Gasteiger partial charge in [0.25, 0.3) is 0 Å². The number of rotatable bonds is 4. The molecule has 1 heterocycles. The first-order chi connectivity index (χ1) is 5.79. The van der Waals surface area contributed by atoms with Crippen LogP contribution in [0.25, 0.3) is 0 Å². The first-order valence-electron chi connectivity index (χ1n) is 4.49. The maximum absolute atomic E-state index is 5.53. The van der Waals surface area contributed by atoms with Crippen molar-refractivity contribution in [2.24, 2.45) is 5.73 Å². The summed E-state index contributed by atoms with van der Waals surface area (Å²) < 4.78 is 2.20. The van der Waals surface area contributed by atoms with Crippen LogP contribution in [0.5, 0.6) is 0 Å². The van der Waals surface area contributed by atoms with Crippen molar-refractivity contribution in [3.05, 3.63) is 18.2 Å². The normalized spacial score (nSPS) is 13.2.